The van der Waals surface area contributed by atoms with Crippen LogP contribution >= 0.6 is 0 Å². The van der Waals surface area contributed by atoms with E-state index in [9.17, 15) is 13.2 Å². The third kappa shape index (κ3) is 2.51. The molecule has 0 amide bonds. The summed E-state index contributed by atoms with van der Waals surface area (Å²) in [6.45, 7) is 5.51. The molecule has 0 aromatic carbocycles. The summed E-state index contributed by atoms with van der Waals surface area (Å²) >= 11 is 0. The van der Waals surface area contributed by atoms with Crippen molar-refractivity contribution in [2.75, 3.05) is 19.6 Å². The van der Waals surface area contributed by atoms with Crippen LogP contribution in [0.5, 0.6) is 0 Å². The first kappa shape index (κ1) is 13.7. The zero-order valence-corrected chi connectivity index (χ0v) is 11.4. The lowest BCUT2D eigenvalue weighted by atomic mass is 9.84. The number of rotatable bonds is 1. The summed E-state index contributed by atoms with van der Waals surface area (Å²) in [6.07, 6.45) is -1.89. The van der Waals surface area contributed by atoms with Crippen LogP contribution in [-0.4, -0.2) is 42.8 Å². The predicted octanol–water partition coefficient (Wildman–Crippen LogP) is 2.65. The monoisotopic (exact) mass is 276 g/mol. The average molecular weight is 276 g/mol. The van der Waals surface area contributed by atoms with E-state index in [1.807, 2.05) is 0 Å². The maximum atomic E-state index is 12.7. The zero-order chi connectivity index (χ0) is 13.6. The Kier molecular flexibility index (Phi) is 3.54. The van der Waals surface area contributed by atoms with Crippen molar-refractivity contribution in [3.05, 3.63) is 0 Å². The molecule has 1 aliphatic carbocycles. The maximum Gasteiger partial charge on any atom is 0.391 e. The first-order valence-corrected chi connectivity index (χ1v) is 7.50. The van der Waals surface area contributed by atoms with Gasteiger partial charge in [-0.05, 0) is 57.5 Å². The van der Waals surface area contributed by atoms with Gasteiger partial charge in [0.1, 0.15) is 0 Å². The number of nitrogens with one attached hydrogen (secondary N) is 1. The molecule has 2 nitrogen and oxygen atoms in total. The Labute approximate surface area is 112 Å². The smallest absolute Gasteiger partial charge is 0.316 e. The van der Waals surface area contributed by atoms with Crippen molar-refractivity contribution in [2.24, 2.45) is 17.8 Å². The van der Waals surface area contributed by atoms with Gasteiger partial charge in [-0.1, -0.05) is 0 Å². The minimum absolute atomic E-state index is 0.324. The van der Waals surface area contributed by atoms with Crippen molar-refractivity contribution < 1.29 is 13.2 Å². The summed E-state index contributed by atoms with van der Waals surface area (Å²) in [5.74, 6) is 0.374. The SMILES string of the molecule is CC1C2CNCC2CN1C1CCC(C(F)(F)F)CC1. The lowest BCUT2D eigenvalue weighted by molar-refractivity contribution is -0.184. The van der Waals surface area contributed by atoms with Crippen LogP contribution in [-0.2, 0) is 0 Å². The van der Waals surface area contributed by atoms with E-state index in [0.29, 0.717) is 30.8 Å². The molecule has 110 valence electrons. The summed E-state index contributed by atoms with van der Waals surface area (Å²) in [5, 5.41) is 3.43. The van der Waals surface area contributed by atoms with Gasteiger partial charge in [0, 0.05) is 18.6 Å². The Bertz CT molecular complexity index is 323. The van der Waals surface area contributed by atoms with Gasteiger partial charge in [0.15, 0.2) is 0 Å². The first-order valence-electron chi connectivity index (χ1n) is 7.50. The molecule has 0 aromatic heterocycles. The van der Waals surface area contributed by atoms with E-state index < -0.39 is 12.1 Å². The fourth-order valence-corrected chi connectivity index (χ4v) is 4.42. The number of alkyl halides is 3. The number of likely N-dealkylation sites (tertiary alicyclic amines) is 1. The maximum absolute atomic E-state index is 12.7. The van der Waals surface area contributed by atoms with Gasteiger partial charge in [-0.2, -0.15) is 13.2 Å². The number of hydrogen-bond acceptors (Lipinski definition) is 2. The molecule has 1 saturated carbocycles. The standard InChI is InChI=1S/C14H23F3N2/c1-9-13-7-18-6-10(13)8-19(9)12-4-2-11(3-5-12)14(15,16)17/h9-13,18H,2-8H2,1H3. The summed E-state index contributed by atoms with van der Waals surface area (Å²) in [4.78, 5) is 2.50. The van der Waals surface area contributed by atoms with Gasteiger partial charge in [-0.15, -0.1) is 0 Å². The van der Waals surface area contributed by atoms with Crippen LogP contribution in [0.15, 0.2) is 0 Å². The van der Waals surface area contributed by atoms with Gasteiger partial charge >= 0.3 is 6.18 Å². The molecule has 5 heteroatoms. The van der Waals surface area contributed by atoms with Crippen molar-refractivity contribution in [3.8, 4) is 0 Å². The molecular formula is C14H23F3N2. The number of halogens is 3. The molecule has 0 radical (unpaired) electrons. The fourth-order valence-electron chi connectivity index (χ4n) is 4.42. The van der Waals surface area contributed by atoms with E-state index in [0.717, 1.165) is 38.4 Å². The Morgan fingerprint density at radius 3 is 2.32 bits per heavy atom. The van der Waals surface area contributed by atoms with Crippen molar-refractivity contribution in [3.63, 3.8) is 0 Å². The highest BCUT2D eigenvalue weighted by Crippen LogP contribution is 2.42. The van der Waals surface area contributed by atoms with E-state index in [1.165, 1.54) is 0 Å². The Balaban J connectivity index is 1.57. The molecule has 0 spiro atoms. The first-order chi connectivity index (χ1) is 8.97. The molecule has 3 aliphatic rings. The van der Waals surface area contributed by atoms with Crippen LogP contribution < -0.4 is 5.32 Å². The van der Waals surface area contributed by atoms with Crippen molar-refractivity contribution in [1.29, 1.82) is 0 Å². The van der Waals surface area contributed by atoms with E-state index >= 15 is 0 Å². The predicted molar refractivity (Wildman–Crippen MR) is 67.8 cm³/mol. The summed E-state index contributed by atoms with van der Waals surface area (Å²) in [7, 11) is 0. The lowest BCUT2D eigenvalue weighted by Crippen LogP contribution is -2.44. The quantitative estimate of drug-likeness (QED) is 0.792. The van der Waals surface area contributed by atoms with E-state index in [-0.39, 0.29) is 0 Å². The molecule has 19 heavy (non-hydrogen) atoms. The zero-order valence-electron chi connectivity index (χ0n) is 11.4. The average Bonchev–Trinajstić information content (AvgIpc) is 2.92. The number of fused-ring (bicyclic) bond motifs is 1. The second-order valence-electron chi connectivity index (χ2n) is 6.57. The fraction of sp³-hybridized carbons (Fsp3) is 1.00. The van der Waals surface area contributed by atoms with Gasteiger partial charge in [-0.25, -0.2) is 0 Å². The molecule has 3 fully saturated rings. The Morgan fingerprint density at radius 2 is 1.74 bits per heavy atom. The second kappa shape index (κ2) is 4.92. The van der Waals surface area contributed by atoms with Crippen LogP contribution in [0.2, 0.25) is 0 Å². The van der Waals surface area contributed by atoms with Crippen LogP contribution in [0.4, 0.5) is 13.2 Å². The highest BCUT2D eigenvalue weighted by atomic mass is 19.4. The minimum atomic E-state index is -3.98. The van der Waals surface area contributed by atoms with Gasteiger partial charge in [-0.3, -0.25) is 4.90 Å². The highest BCUT2D eigenvalue weighted by molar-refractivity contribution is 4.99. The molecule has 2 aliphatic heterocycles. The highest BCUT2D eigenvalue weighted by Gasteiger charge is 2.47. The van der Waals surface area contributed by atoms with Crippen LogP contribution in [0.1, 0.15) is 32.6 Å². The van der Waals surface area contributed by atoms with Gasteiger partial charge < -0.3 is 5.32 Å². The molecule has 2 heterocycles. The summed E-state index contributed by atoms with van der Waals surface area (Å²) in [6, 6.07) is 0.923. The van der Waals surface area contributed by atoms with E-state index in [4.69, 9.17) is 0 Å². The minimum Gasteiger partial charge on any atom is -0.316 e. The van der Waals surface area contributed by atoms with Gasteiger partial charge in [0.25, 0.3) is 0 Å². The molecule has 1 N–H and O–H groups in total. The molecule has 3 rings (SSSR count). The van der Waals surface area contributed by atoms with Crippen LogP contribution in [0.3, 0.4) is 0 Å². The lowest BCUT2D eigenvalue weighted by Gasteiger charge is -2.38. The number of nitrogens with zero attached hydrogens (tertiary/aromatic N) is 1. The van der Waals surface area contributed by atoms with Crippen molar-refractivity contribution >= 4 is 0 Å². The number of hydrogen-bond donors (Lipinski definition) is 1. The molecule has 3 atom stereocenters. The molecule has 3 unspecified atom stereocenters. The summed E-state index contributed by atoms with van der Waals surface area (Å²) < 4.78 is 38.1. The third-order valence-corrected chi connectivity index (χ3v) is 5.61. The molecule has 2 saturated heterocycles. The van der Waals surface area contributed by atoms with E-state index in [1.54, 1.807) is 0 Å². The third-order valence-electron chi connectivity index (χ3n) is 5.61. The van der Waals surface area contributed by atoms with Gasteiger partial charge in [0.2, 0.25) is 0 Å². The normalized spacial score (nSPS) is 44.5. The topological polar surface area (TPSA) is 15.3 Å². The molecule has 0 bridgehead atoms. The largest absolute Gasteiger partial charge is 0.391 e. The Morgan fingerprint density at radius 1 is 1.05 bits per heavy atom. The molecule has 0 aromatic rings. The molecular weight excluding hydrogens is 253 g/mol. The van der Waals surface area contributed by atoms with Crippen LogP contribution in [0.25, 0.3) is 0 Å². The van der Waals surface area contributed by atoms with Crippen molar-refractivity contribution in [2.45, 2.75) is 50.9 Å². The Hall–Kier alpha value is -0.290. The second-order valence-corrected chi connectivity index (χ2v) is 6.57. The van der Waals surface area contributed by atoms with Crippen LogP contribution in [0, 0.1) is 17.8 Å². The van der Waals surface area contributed by atoms with E-state index in [2.05, 4.69) is 17.1 Å². The van der Waals surface area contributed by atoms with Crippen molar-refractivity contribution in [1.82, 2.24) is 10.2 Å². The summed E-state index contributed by atoms with van der Waals surface area (Å²) in [5.41, 5.74) is 0. The van der Waals surface area contributed by atoms with Gasteiger partial charge in [0.05, 0.1) is 5.92 Å².